The number of rotatable bonds is 5. The maximum Gasteiger partial charge on any atom is 0.418 e. The number of carbonyl (C=O) groups is 2. The van der Waals surface area contributed by atoms with Crippen molar-refractivity contribution in [1.29, 1.82) is 0 Å². The Balaban J connectivity index is 1.60. The maximum absolute atomic E-state index is 13.8. The van der Waals surface area contributed by atoms with Crippen LogP contribution in [0.4, 0.5) is 18.9 Å². The Bertz CT molecular complexity index is 1490. The van der Waals surface area contributed by atoms with E-state index in [0.29, 0.717) is 34.7 Å². The zero-order chi connectivity index (χ0) is 27.7. The van der Waals surface area contributed by atoms with Gasteiger partial charge in [-0.05, 0) is 43.0 Å². The minimum Gasteiger partial charge on any atom is -0.496 e. The van der Waals surface area contributed by atoms with E-state index in [0.717, 1.165) is 11.6 Å². The number of hydrogen-bond acceptors (Lipinski definition) is 4. The number of hydrogen-bond donors (Lipinski definition) is 2. The molecule has 1 aliphatic heterocycles. The van der Waals surface area contributed by atoms with Crippen LogP contribution in [0.1, 0.15) is 48.3 Å². The summed E-state index contributed by atoms with van der Waals surface area (Å²) in [5.41, 5.74) is 2.11. The number of nitrogens with one attached hydrogen (secondary N) is 2. The average molecular weight is 533 g/mol. The fraction of sp³-hybridized carbons (Fsp3) is 0.226. The molecule has 2 atom stereocenters. The van der Waals surface area contributed by atoms with Gasteiger partial charge in [-0.25, -0.2) is 0 Å². The van der Waals surface area contributed by atoms with Gasteiger partial charge in [0.15, 0.2) is 5.78 Å². The van der Waals surface area contributed by atoms with Crippen LogP contribution in [0, 0.1) is 0 Å². The van der Waals surface area contributed by atoms with Gasteiger partial charge in [0, 0.05) is 34.5 Å². The number of methoxy groups -OCH3 is 1. The summed E-state index contributed by atoms with van der Waals surface area (Å²) in [7, 11) is 1.50. The molecule has 39 heavy (non-hydrogen) atoms. The molecule has 8 heteroatoms. The molecule has 0 fully saturated rings. The second kappa shape index (κ2) is 10.4. The molecule has 1 amide bonds. The predicted molar refractivity (Wildman–Crippen MR) is 142 cm³/mol. The van der Waals surface area contributed by atoms with Crippen molar-refractivity contribution in [1.82, 2.24) is 5.32 Å². The molecule has 1 aliphatic carbocycles. The molecule has 2 aliphatic rings. The van der Waals surface area contributed by atoms with E-state index in [1.54, 1.807) is 31.2 Å². The third kappa shape index (κ3) is 5.06. The number of amides is 1. The van der Waals surface area contributed by atoms with Crippen LogP contribution in [-0.4, -0.2) is 18.8 Å². The molecule has 2 unspecified atom stereocenters. The first-order valence-electron chi connectivity index (χ1n) is 12.6. The van der Waals surface area contributed by atoms with Crippen molar-refractivity contribution < 1.29 is 27.5 Å². The highest BCUT2D eigenvalue weighted by atomic mass is 19.4. The number of dihydropyridines is 1. The third-order valence-electron chi connectivity index (χ3n) is 7.27. The molecule has 0 saturated heterocycles. The van der Waals surface area contributed by atoms with Crippen LogP contribution in [0.25, 0.3) is 0 Å². The van der Waals surface area contributed by atoms with Crippen molar-refractivity contribution >= 4 is 17.4 Å². The summed E-state index contributed by atoms with van der Waals surface area (Å²) in [5, 5.41) is 5.73. The van der Waals surface area contributed by atoms with Crippen LogP contribution in [0.3, 0.4) is 0 Å². The second-order valence-corrected chi connectivity index (χ2v) is 9.67. The molecule has 1 heterocycles. The SMILES string of the molecule is COc1ccccc1C1C(C(=O)Nc2ccccc2C(F)(F)F)=C(C)NC2=C1C(=O)CC(c1ccccc1)C2. The summed E-state index contributed by atoms with van der Waals surface area (Å²) in [5.74, 6) is -1.23. The lowest BCUT2D eigenvalue weighted by molar-refractivity contribution is -0.137. The largest absolute Gasteiger partial charge is 0.496 e. The molecule has 3 aromatic rings. The number of ether oxygens (including phenoxy) is 1. The summed E-state index contributed by atoms with van der Waals surface area (Å²) in [6.45, 7) is 1.70. The summed E-state index contributed by atoms with van der Waals surface area (Å²) in [6.07, 6.45) is -3.84. The third-order valence-corrected chi connectivity index (χ3v) is 7.27. The van der Waals surface area contributed by atoms with Crippen molar-refractivity contribution in [2.24, 2.45) is 0 Å². The minimum absolute atomic E-state index is 0.0369. The monoisotopic (exact) mass is 532 g/mol. The number of allylic oxidation sites excluding steroid dienone is 3. The lowest BCUT2D eigenvalue weighted by atomic mass is 9.71. The smallest absolute Gasteiger partial charge is 0.418 e. The first kappa shape index (κ1) is 26.3. The van der Waals surface area contributed by atoms with Gasteiger partial charge in [0.25, 0.3) is 5.91 Å². The van der Waals surface area contributed by atoms with Gasteiger partial charge in [-0.3, -0.25) is 9.59 Å². The zero-order valence-electron chi connectivity index (χ0n) is 21.4. The molecule has 0 bridgehead atoms. The molecule has 0 radical (unpaired) electrons. The van der Waals surface area contributed by atoms with Crippen LogP contribution >= 0.6 is 0 Å². The highest BCUT2D eigenvalue weighted by Gasteiger charge is 2.42. The molecule has 0 spiro atoms. The maximum atomic E-state index is 13.8. The lowest BCUT2D eigenvalue weighted by Crippen LogP contribution is -2.37. The Labute approximate surface area is 224 Å². The van der Waals surface area contributed by atoms with E-state index in [9.17, 15) is 22.8 Å². The van der Waals surface area contributed by atoms with Gasteiger partial charge in [-0.15, -0.1) is 0 Å². The Morgan fingerprint density at radius 3 is 2.33 bits per heavy atom. The number of ketones is 1. The Morgan fingerprint density at radius 2 is 1.62 bits per heavy atom. The van der Waals surface area contributed by atoms with Crippen LogP contribution in [-0.2, 0) is 15.8 Å². The second-order valence-electron chi connectivity index (χ2n) is 9.67. The topological polar surface area (TPSA) is 67.4 Å². The summed E-state index contributed by atoms with van der Waals surface area (Å²) >= 11 is 0. The van der Waals surface area contributed by atoms with Crippen molar-refractivity contribution in [2.45, 2.75) is 37.8 Å². The van der Waals surface area contributed by atoms with Crippen LogP contribution < -0.4 is 15.4 Å². The molecule has 0 saturated carbocycles. The number of Topliss-reactive ketones (excluding diaryl/α,β-unsaturated/α-hetero) is 1. The van der Waals surface area contributed by atoms with Gasteiger partial charge in [0.05, 0.1) is 24.3 Å². The van der Waals surface area contributed by atoms with E-state index in [-0.39, 0.29) is 29.4 Å². The van der Waals surface area contributed by atoms with Gasteiger partial charge in [0.1, 0.15) is 5.75 Å². The molecular formula is C31H27F3N2O3. The predicted octanol–water partition coefficient (Wildman–Crippen LogP) is 6.71. The number of carbonyl (C=O) groups excluding carboxylic acids is 2. The highest BCUT2D eigenvalue weighted by molar-refractivity contribution is 6.10. The number of benzene rings is 3. The Morgan fingerprint density at radius 1 is 0.949 bits per heavy atom. The number of alkyl halides is 3. The Kier molecular flexibility index (Phi) is 7.04. The fourth-order valence-corrected chi connectivity index (χ4v) is 5.55. The van der Waals surface area contributed by atoms with Crippen molar-refractivity contribution in [3.8, 4) is 5.75 Å². The molecule has 2 N–H and O–H groups in total. The number of anilines is 1. The summed E-state index contributed by atoms with van der Waals surface area (Å²) < 4.78 is 46.6. The van der Waals surface area contributed by atoms with Gasteiger partial charge >= 0.3 is 6.18 Å². The Hall–Kier alpha value is -4.33. The van der Waals surface area contributed by atoms with Gasteiger partial charge in [-0.1, -0.05) is 60.7 Å². The van der Waals surface area contributed by atoms with Gasteiger partial charge in [0.2, 0.25) is 0 Å². The van der Waals surface area contributed by atoms with Crippen molar-refractivity contribution in [2.75, 3.05) is 12.4 Å². The fourth-order valence-electron chi connectivity index (χ4n) is 5.55. The van der Waals surface area contributed by atoms with E-state index in [4.69, 9.17) is 4.74 Å². The quantitative estimate of drug-likeness (QED) is 0.383. The molecule has 5 rings (SSSR count). The lowest BCUT2D eigenvalue weighted by Gasteiger charge is -2.37. The first-order chi connectivity index (χ1) is 18.7. The van der Waals surface area contributed by atoms with E-state index < -0.39 is 23.6 Å². The standard InChI is InChI=1S/C31H27F3N2O3/c1-18-27(30(38)36-23-14-8-7-13-22(23)31(32,33)34)28(21-12-6-9-15-26(21)39-2)29-24(35-18)16-20(17-25(29)37)19-10-4-3-5-11-19/h3-15,20,28,35H,16-17H2,1-2H3,(H,36,38). The van der Waals surface area contributed by atoms with Gasteiger partial charge < -0.3 is 15.4 Å². The van der Waals surface area contributed by atoms with Crippen molar-refractivity contribution in [3.05, 3.63) is 118 Å². The van der Waals surface area contributed by atoms with Crippen molar-refractivity contribution in [3.63, 3.8) is 0 Å². The molecular weight excluding hydrogens is 505 g/mol. The normalized spacial score (nSPS) is 19.4. The average Bonchev–Trinajstić information content (AvgIpc) is 2.92. The van der Waals surface area contributed by atoms with E-state index in [1.807, 2.05) is 30.3 Å². The van der Waals surface area contributed by atoms with Crippen LogP contribution in [0.15, 0.2) is 101 Å². The highest BCUT2D eigenvalue weighted by Crippen LogP contribution is 2.48. The molecule has 0 aromatic heterocycles. The first-order valence-corrected chi connectivity index (χ1v) is 12.6. The van der Waals surface area contributed by atoms with Gasteiger partial charge in [-0.2, -0.15) is 13.2 Å². The molecule has 200 valence electrons. The zero-order valence-corrected chi connectivity index (χ0v) is 21.4. The summed E-state index contributed by atoms with van der Waals surface area (Å²) in [4.78, 5) is 27.5. The van der Waals surface area contributed by atoms with Crippen LogP contribution in [0.5, 0.6) is 5.75 Å². The molecule has 5 nitrogen and oxygen atoms in total. The van der Waals surface area contributed by atoms with E-state index in [2.05, 4.69) is 10.6 Å². The number of halogens is 3. The van der Waals surface area contributed by atoms with Crippen LogP contribution in [0.2, 0.25) is 0 Å². The van der Waals surface area contributed by atoms with E-state index in [1.165, 1.54) is 25.3 Å². The summed E-state index contributed by atoms with van der Waals surface area (Å²) in [6, 6.07) is 21.7. The molecule has 3 aromatic carbocycles. The van der Waals surface area contributed by atoms with E-state index >= 15 is 0 Å². The number of para-hydroxylation sites is 2. The minimum atomic E-state index is -4.65.